The van der Waals surface area contributed by atoms with Gasteiger partial charge in [-0.2, -0.15) is 0 Å². The molecule has 1 aromatic heterocycles. The standard InChI is InChI=1S/C21H15N3O4S/c1-13-7-8-15(24(26)27)11-17(13)18-10-9-16(28-18)12-19-20(25)23-21(29-19)22-14-5-3-2-4-6-14/h2-12H,1H3,(H,22,23,25). The number of amides is 1. The molecule has 1 amide bonds. The molecule has 2 aromatic carbocycles. The summed E-state index contributed by atoms with van der Waals surface area (Å²) in [5.74, 6) is 0.721. The Hall–Kier alpha value is -3.65. The van der Waals surface area contributed by atoms with E-state index >= 15 is 0 Å². The summed E-state index contributed by atoms with van der Waals surface area (Å²) in [5.41, 5.74) is 2.24. The van der Waals surface area contributed by atoms with Gasteiger partial charge in [0.05, 0.1) is 15.5 Å². The molecule has 1 aliphatic heterocycles. The predicted molar refractivity (Wildman–Crippen MR) is 113 cm³/mol. The lowest BCUT2D eigenvalue weighted by atomic mass is 10.1. The van der Waals surface area contributed by atoms with E-state index in [0.29, 0.717) is 27.2 Å². The van der Waals surface area contributed by atoms with Crippen LogP contribution < -0.4 is 5.32 Å². The quantitative estimate of drug-likeness (QED) is 0.372. The third-order valence-electron chi connectivity index (χ3n) is 4.24. The zero-order chi connectivity index (χ0) is 20.4. The molecular weight excluding hydrogens is 390 g/mol. The molecule has 1 aliphatic rings. The lowest BCUT2D eigenvalue weighted by Gasteiger charge is -2.02. The lowest BCUT2D eigenvalue weighted by Crippen LogP contribution is -2.19. The second-order valence-electron chi connectivity index (χ2n) is 6.28. The summed E-state index contributed by atoms with van der Waals surface area (Å²) in [6.07, 6.45) is 1.63. The van der Waals surface area contributed by atoms with E-state index in [2.05, 4.69) is 10.3 Å². The molecular formula is C21H15N3O4S. The number of aliphatic imine (C=N–C) groups is 1. The third-order valence-corrected chi connectivity index (χ3v) is 5.15. The Morgan fingerprint density at radius 1 is 1.14 bits per heavy atom. The molecule has 29 heavy (non-hydrogen) atoms. The van der Waals surface area contributed by atoms with Gasteiger partial charge in [-0.3, -0.25) is 14.9 Å². The molecule has 1 saturated heterocycles. The maximum atomic E-state index is 12.2. The van der Waals surface area contributed by atoms with Gasteiger partial charge < -0.3 is 9.73 Å². The predicted octanol–water partition coefficient (Wildman–Crippen LogP) is 5.05. The van der Waals surface area contributed by atoms with Crippen LogP contribution in [-0.4, -0.2) is 16.0 Å². The Balaban J connectivity index is 1.58. The van der Waals surface area contributed by atoms with Crippen molar-refractivity contribution in [3.8, 4) is 11.3 Å². The van der Waals surface area contributed by atoms with Crippen molar-refractivity contribution in [1.29, 1.82) is 0 Å². The summed E-state index contributed by atoms with van der Waals surface area (Å²) in [4.78, 5) is 27.7. The smallest absolute Gasteiger partial charge is 0.270 e. The van der Waals surface area contributed by atoms with Gasteiger partial charge in [0.2, 0.25) is 0 Å². The largest absolute Gasteiger partial charge is 0.457 e. The van der Waals surface area contributed by atoms with Crippen molar-refractivity contribution in [2.45, 2.75) is 6.92 Å². The van der Waals surface area contributed by atoms with Crippen LogP contribution in [0.4, 0.5) is 11.4 Å². The number of amidine groups is 1. The first-order valence-electron chi connectivity index (χ1n) is 8.69. The summed E-state index contributed by atoms with van der Waals surface area (Å²) in [6, 6.07) is 17.4. The van der Waals surface area contributed by atoms with E-state index < -0.39 is 4.92 Å². The van der Waals surface area contributed by atoms with Crippen LogP contribution >= 0.6 is 11.8 Å². The molecule has 0 bridgehead atoms. The first kappa shape index (κ1) is 18.7. The number of non-ortho nitro benzene ring substituents is 1. The molecule has 4 rings (SSSR count). The number of benzene rings is 2. The van der Waals surface area contributed by atoms with Crippen molar-refractivity contribution in [3.05, 3.63) is 87.0 Å². The number of nitrogens with one attached hydrogen (secondary N) is 1. The van der Waals surface area contributed by atoms with Crippen LogP contribution in [0.3, 0.4) is 0 Å². The van der Waals surface area contributed by atoms with Gasteiger partial charge in [-0.05, 0) is 48.5 Å². The number of para-hydroxylation sites is 1. The van der Waals surface area contributed by atoms with Crippen molar-refractivity contribution in [1.82, 2.24) is 5.32 Å². The van der Waals surface area contributed by atoms with Gasteiger partial charge in [0.25, 0.3) is 11.6 Å². The normalized spacial score (nSPS) is 16.4. The van der Waals surface area contributed by atoms with Crippen LogP contribution in [0.2, 0.25) is 0 Å². The van der Waals surface area contributed by atoms with Crippen LogP contribution in [0.25, 0.3) is 17.4 Å². The van der Waals surface area contributed by atoms with Crippen LogP contribution in [0, 0.1) is 17.0 Å². The van der Waals surface area contributed by atoms with Gasteiger partial charge in [-0.1, -0.05) is 24.3 Å². The minimum absolute atomic E-state index is 0.00519. The molecule has 8 heteroatoms. The van der Waals surface area contributed by atoms with Gasteiger partial charge in [-0.15, -0.1) is 0 Å². The Morgan fingerprint density at radius 2 is 1.93 bits per heavy atom. The molecule has 0 unspecified atom stereocenters. The molecule has 7 nitrogen and oxygen atoms in total. The average Bonchev–Trinajstić information content (AvgIpc) is 3.30. The first-order chi connectivity index (χ1) is 14.0. The molecule has 0 radical (unpaired) electrons. The van der Waals surface area contributed by atoms with Crippen LogP contribution in [-0.2, 0) is 4.79 Å². The number of carbonyl (C=O) groups excluding carboxylic acids is 1. The zero-order valence-corrected chi connectivity index (χ0v) is 16.1. The highest BCUT2D eigenvalue weighted by Crippen LogP contribution is 2.32. The number of hydrogen-bond acceptors (Lipinski definition) is 6. The molecule has 0 aliphatic carbocycles. The summed E-state index contributed by atoms with van der Waals surface area (Å²) >= 11 is 1.22. The number of nitro benzene ring substituents is 1. The third kappa shape index (κ3) is 4.12. The van der Waals surface area contributed by atoms with Crippen molar-refractivity contribution < 1.29 is 14.1 Å². The molecule has 144 valence electrons. The fourth-order valence-corrected chi connectivity index (χ4v) is 3.62. The minimum atomic E-state index is -0.443. The van der Waals surface area contributed by atoms with Crippen molar-refractivity contribution in [2.24, 2.45) is 4.99 Å². The molecule has 0 atom stereocenters. The van der Waals surface area contributed by atoms with Gasteiger partial charge in [-0.25, -0.2) is 4.99 Å². The molecule has 0 saturated carbocycles. The lowest BCUT2D eigenvalue weighted by molar-refractivity contribution is -0.384. The Labute approximate surface area is 170 Å². The number of rotatable bonds is 4. The van der Waals surface area contributed by atoms with E-state index in [9.17, 15) is 14.9 Å². The zero-order valence-electron chi connectivity index (χ0n) is 15.3. The number of hydrogen-bond donors (Lipinski definition) is 1. The van der Waals surface area contributed by atoms with E-state index in [-0.39, 0.29) is 11.6 Å². The summed E-state index contributed by atoms with van der Waals surface area (Å²) in [6.45, 7) is 1.85. The molecule has 1 fully saturated rings. The van der Waals surface area contributed by atoms with Crippen LogP contribution in [0.5, 0.6) is 0 Å². The van der Waals surface area contributed by atoms with E-state index in [1.165, 1.54) is 23.9 Å². The number of aryl methyl sites for hydroxylation is 1. The summed E-state index contributed by atoms with van der Waals surface area (Å²) in [5, 5.41) is 14.3. The van der Waals surface area contributed by atoms with Crippen LogP contribution in [0.15, 0.2) is 75.0 Å². The Morgan fingerprint density at radius 3 is 2.69 bits per heavy atom. The second-order valence-corrected chi connectivity index (χ2v) is 7.31. The van der Waals surface area contributed by atoms with E-state index in [0.717, 1.165) is 11.3 Å². The number of nitro groups is 1. The molecule has 2 heterocycles. The van der Waals surface area contributed by atoms with Gasteiger partial charge in [0, 0.05) is 23.8 Å². The second kappa shape index (κ2) is 7.76. The fourth-order valence-electron chi connectivity index (χ4n) is 2.79. The summed E-state index contributed by atoms with van der Waals surface area (Å²) < 4.78 is 5.82. The van der Waals surface area contributed by atoms with Gasteiger partial charge >= 0.3 is 0 Å². The number of thioether (sulfide) groups is 1. The highest BCUT2D eigenvalue weighted by atomic mass is 32.2. The minimum Gasteiger partial charge on any atom is -0.457 e. The van der Waals surface area contributed by atoms with Crippen molar-refractivity contribution >= 4 is 40.3 Å². The number of furan rings is 1. The fraction of sp³-hybridized carbons (Fsp3) is 0.0476. The van der Waals surface area contributed by atoms with Gasteiger partial charge in [0.15, 0.2) is 5.17 Å². The maximum Gasteiger partial charge on any atom is 0.270 e. The maximum absolute atomic E-state index is 12.2. The topological polar surface area (TPSA) is 97.7 Å². The monoisotopic (exact) mass is 405 g/mol. The first-order valence-corrected chi connectivity index (χ1v) is 9.51. The highest BCUT2D eigenvalue weighted by molar-refractivity contribution is 8.18. The number of nitrogens with zero attached hydrogens (tertiary/aromatic N) is 2. The van der Waals surface area contributed by atoms with Crippen molar-refractivity contribution in [2.75, 3.05) is 0 Å². The Bertz CT molecular complexity index is 1170. The molecule has 1 N–H and O–H groups in total. The SMILES string of the molecule is Cc1ccc([N+](=O)[O-])cc1-c1ccc(C=C2SC(=Nc3ccccc3)NC2=O)o1. The van der Waals surface area contributed by atoms with Crippen molar-refractivity contribution in [3.63, 3.8) is 0 Å². The van der Waals surface area contributed by atoms with Crippen LogP contribution in [0.1, 0.15) is 11.3 Å². The summed E-state index contributed by atoms with van der Waals surface area (Å²) in [7, 11) is 0. The molecule has 3 aromatic rings. The van der Waals surface area contributed by atoms with E-state index in [4.69, 9.17) is 4.42 Å². The van der Waals surface area contributed by atoms with Gasteiger partial charge in [0.1, 0.15) is 11.5 Å². The molecule has 0 spiro atoms. The Kier molecular flexibility index (Phi) is 5.01. The van der Waals surface area contributed by atoms with E-state index in [1.54, 1.807) is 24.3 Å². The highest BCUT2D eigenvalue weighted by Gasteiger charge is 2.24. The average molecular weight is 405 g/mol. The number of carbonyl (C=O) groups is 1. The van der Waals surface area contributed by atoms with E-state index in [1.807, 2.05) is 37.3 Å².